The molecule has 0 atom stereocenters. The molecule has 5 aromatic rings. The number of rotatable bonds is 10. The number of nitrogens with zero attached hydrogens (tertiary/aromatic N) is 6. The van der Waals surface area contributed by atoms with Gasteiger partial charge < -0.3 is 40.4 Å². The van der Waals surface area contributed by atoms with E-state index < -0.39 is 0 Å². The van der Waals surface area contributed by atoms with Gasteiger partial charge in [-0.2, -0.15) is 0 Å². The van der Waals surface area contributed by atoms with Crippen molar-refractivity contribution in [2.45, 2.75) is 52.4 Å². The van der Waals surface area contributed by atoms with Crippen LogP contribution in [-0.4, -0.2) is 48.1 Å². The molecule has 3 aromatic heterocycles. The fourth-order valence-corrected chi connectivity index (χ4v) is 7.92. The van der Waals surface area contributed by atoms with Gasteiger partial charge in [0, 0.05) is 73.2 Å². The summed E-state index contributed by atoms with van der Waals surface area (Å²) in [4.78, 5) is 25.1. The molecule has 9 rings (SSSR count). The Kier molecular flexibility index (Phi) is 9.75. The summed E-state index contributed by atoms with van der Waals surface area (Å²) in [7, 11) is 0. The average Bonchev–Trinajstić information content (AvgIpc) is 3.73. The molecule has 4 aliphatic rings. The zero-order valence-electron chi connectivity index (χ0n) is 32.3. The van der Waals surface area contributed by atoms with Crippen LogP contribution in [0.4, 0.5) is 40.3 Å². The number of furan rings is 2. The Morgan fingerprint density at radius 3 is 1.86 bits per heavy atom. The fraction of sp³-hybridized carbons (Fsp3) is 0.267. The van der Waals surface area contributed by atoms with Gasteiger partial charge >= 0.3 is 0 Å². The number of aromatic nitrogens is 2. The van der Waals surface area contributed by atoms with Crippen molar-refractivity contribution in [3.63, 3.8) is 0 Å². The molecule has 0 amide bonds. The molecule has 2 bridgehead atoms. The molecule has 12 heteroatoms. The molecule has 12 nitrogen and oxygen atoms in total. The van der Waals surface area contributed by atoms with E-state index in [1.54, 1.807) is 0 Å². The molecule has 0 aliphatic carbocycles. The molecule has 57 heavy (non-hydrogen) atoms. The predicted molar refractivity (Wildman–Crippen MR) is 229 cm³/mol. The van der Waals surface area contributed by atoms with Crippen molar-refractivity contribution in [1.82, 2.24) is 9.97 Å². The first-order valence-corrected chi connectivity index (χ1v) is 19.8. The van der Waals surface area contributed by atoms with E-state index in [2.05, 4.69) is 69.0 Å². The van der Waals surface area contributed by atoms with Crippen LogP contribution in [0.15, 0.2) is 103 Å². The molecule has 0 spiro atoms. The first-order chi connectivity index (χ1) is 27.9. The summed E-state index contributed by atoms with van der Waals surface area (Å²) in [6.45, 7) is 7.95. The molecule has 0 radical (unpaired) electrons. The third kappa shape index (κ3) is 7.50. The Morgan fingerprint density at radius 2 is 1.30 bits per heavy atom. The number of anilines is 6. The molecular formula is C45H46N10O2. The van der Waals surface area contributed by atoms with Crippen molar-refractivity contribution >= 4 is 69.6 Å². The van der Waals surface area contributed by atoms with E-state index in [-0.39, 0.29) is 5.82 Å². The summed E-state index contributed by atoms with van der Waals surface area (Å²) in [5.74, 6) is 3.62. The highest BCUT2D eigenvalue weighted by Gasteiger charge is 2.22. The van der Waals surface area contributed by atoms with Crippen LogP contribution < -0.4 is 36.9 Å². The first kappa shape index (κ1) is 36.0. The lowest BCUT2D eigenvalue weighted by atomic mass is 10.0. The third-order valence-electron chi connectivity index (χ3n) is 10.9. The minimum absolute atomic E-state index is 0.265. The lowest BCUT2D eigenvalue weighted by Gasteiger charge is -2.29. The van der Waals surface area contributed by atoms with Gasteiger partial charge in [-0.15, -0.1) is 0 Å². The van der Waals surface area contributed by atoms with E-state index in [0.717, 1.165) is 83.4 Å². The standard InChI is InChI=1S/C45H46N10O2/c1-28-9-15-41(56-28)48-39-24-32(54-17-5-3-6-18-54)11-13-34(39)37-22-30-21-36-44(50-37)52-43(31(26-46)27-47)53-45(36)51-38(23-30)35-14-12-33(55-19-7-4-8-20-55)25-40(35)49-42-16-10-29(2)57-42/h9-16,21-27,46,48-49H,3-8,17-20,47H2,1-2H3/b31-27+,46-26?. The van der Waals surface area contributed by atoms with Crippen LogP contribution in [0.3, 0.4) is 0 Å². The number of nitrogens with two attached hydrogens (primary N) is 1. The van der Waals surface area contributed by atoms with Crippen molar-refractivity contribution in [2.24, 2.45) is 15.7 Å². The number of fused-ring (bicyclic) bond motifs is 1. The molecule has 5 N–H and O–H groups in total. The number of allylic oxidation sites excluding steroid dienone is 4. The fourth-order valence-electron chi connectivity index (χ4n) is 7.92. The quantitative estimate of drug-likeness (QED) is 0.103. The number of nitrogens with one attached hydrogen (secondary N) is 3. The summed E-state index contributed by atoms with van der Waals surface area (Å²) < 4.78 is 12.0. The average molecular weight is 759 g/mol. The van der Waals surface area contributed by atoms with Crippen molar-refractivity contribution in [2.75, 3.05) is 46.6 Å². The Morgan fingerprint density at radius 1 is 0.702 bits per heavy atom. The van der Waals surface area contributed by atoms with Crippen LogP contribution >= 0.6 is 0 Å². The second kappa shape index (κ2) is 15.4. The Hall–Kier alpha value is -6.69. The summed E-state index contributed by atoms with van der Waals surface area (Å²) in [6, 6.07) is 20.8. The van der Waals surface area contributed by atoms with Gasteiger partial charge in [-0.3, -0.25) is 0 Å². The first-order valence-electron chi connectivity index (χ1n) is 19.8. The van der Waals surface area contributed by atoms with Gasteiger partial charge in [0.05, 0.1) is 33.6 Å². The lowest BCUT2D eigenvalue weighted by molar-refractivity contribution is 0.550. The van der Waals surface area contributed by atoms with Gasteiger partial charge in [0.1, 0.15) is 11.5 Å². The highest BCUT2D eigenvalue weighted by Crippen LogP contribution is 2.36. The molecular weight excluding hydrogens is 713 g/mol. The van der Waals surface area contributed by atoms with Crippen molar-refractivity contribution in [3.8, 4) is 0 Å². The minimum Gasteiger partial charge on any atom is -0.446 e. The van der Waals surface area contributed by atoms with Crippen LogP contribution in [0.25, 0.3) is 17.3 Å². The summed E-state index contributed by atoms with van der Waals surface area (Å²) in [6.07, 6.45) is 15.9. The van der Waals surface area contributed by atoms with E-state index in [1.807, 2.05) is 44.2 Å². The van der Waals surface area contributed by atoms with E-state index >= 15 is 0 Å². The Balaban J connectivity index is 1.22. The second-order valence-electron chi connectivity index (χ2n) is 14.9. The van der Waals surface area contributed by atoms with Crippen molar-refractivity contribution in [3.05, 3.63) is 124 Å². The van der Waals surface area contributed by atoms with Crippen LogP contribution in [0.2, 0.25) is 0 Å². The van der Waals surface area contributed by atoms with Crippen LogP contribution in [0, 0.1) is 19.3 Å². The van der Waals surface area contributed by atoms with Gasteiger partial charge in [0.2, 0.25) is 0 Å². The number of hydrogen-bond donors (Lipinski definition) is 4. The molecule has 4 aliphatic heterocycles. The number of benzene rings is 2. The smallest absolute Gasteiger partial charge is 0.197 e. The molecule has 0 saturated carbocycles. The number of piperidine rings is 2. The SMILES string of the molecule is Cc1ccc(Nc2cc(N3CCCCC3)ccc2C2=CC3=CC(c4ccc(N5CCCCC5)cc4Nc4ccc(C)o4)=Nc4nc(/C(C=N)=C/N)nc(c4=C3)=N2)o1. The molecule has 288 valence electrons. The summed E-state index contributed by atoms with van der Waals surface area (Å²) in [5, 5.41) is 15.9. The number of hydrogen-bond acceptors (Lipinski definition) is 12. The molecule has 7 heterocycles. The summed E-state index contributed by atoms with van der Waals surface area (Å²) >= 11 is 0. The van der Waals surface area contributed by atoms with E-state index in [9.17, 15) is 0 Å². The third-order valence-corrected chi connectivity index (χ3v) is 10.9. The highest BCUT2D eigenvalue weighted by molar-refractivity contribution is 6.15. The van der Waals surface area contributed by atoms with E-state index in [0.29, 0.717) is 45.3 Å². The van der Waals surface area contributed by atoms with Crippen LogP contribution in [0.5, 0.6) is 0 Å². The largest absolute Gasteiger partial charge is 0.446 e. The molecule has 0 unspecified atom stereocenters. The zero-order valence-corrected chi connectivity index (χ0v) is 32.3. The zero-order chi connectivity index (χ0) is 38.9. The normalized spacial score (nSPS) is 16.7. The van der Waals surface area contributed by atoms with Gasteiger partial charge in [0.25, 0.3) is 0 Å². The lowest BCUT2D eigenvalue weighted by Crippen LogP contribution is -2.31. The van der Waals surface area contributed by atoms with E-state index in [4.69, 9.17) is 39.9 Å². The maximum atomic E-state index is 8.10. The molecule has 2 aromatic carbocycles. The Bertz CT molecular complexity index is 2620. The minimum atomic E-state index is 0.265. The Labute approximate surface area is 331 Å². The van der Waals surface area contributed by atoms with E-state index in [1.165, 1.54) is 44.7 Å². The van der Waals surface area contributed by atoms with Crippen molar-refractivity contribution < 1.29 is 8.83 Å². The molecule has 2 fully saturated rings. The van der Waals surface area contributed by atoms with Gasteiger partial charge in [-0.1, -0.05) is 0 Å². The number of aliphatic imine (C=N–C) groups is 1. The van der Waals surface area contributed by atoms with Gasteiger partial charge in [-0.05, 0) is 125 Å². The van der Waals surface area contributed by atoms with Gasteiger partial charge in [0.15, 0.2) is 28.9 Å². The topological polar surface area (TPSA) is 157 Å². The molecule has 2 saturated heterocycles. The van der Waals surface area contributed by atoms with Crippen molar-refractivity contribution in [1.29, 1.82) is 5.41 Å². The van der Waals surface area contributed by atoms with Crippen LogP contribution in [-0.2, 0) is 0 Å². The maximum Gasteiger partial charge on any atom is 0.197 e. The monoisotopic (exact) mass is 758 g/mol. The number of aryl methyl sites for hydroxylation is 2. The highest BCUT2D eigenvalue weighted by atomic mass is 16.4. The summed E-state index contributed by atoms with van der Waals surface area (Å²) in [5.41, 5.74) is 14.8. The maximum absolute atomic E-state index is 8.10. The second-order valence-corrected chi connectivity index (χ2v) is 14.9. The van der Waals surface area contributed by atoms with Gasteiger partial charge in [-0.25, -0.2) is 20.0 Å². The van der Waals surface area contributed by atoms with Crippen LogP contribution in [0.1, 0.15) is 67.0 Å². The predicted octanol–water partition coefficient (Wildman–Crippen LogP) is 8.21.